The van der Waals surface area contributed by atoms with Gasteiger partial charge in [0.05, 0.1) is 29.3 Å². The average Bonchev–Trinajstić information content (AvgIpc) is 3.04. The van der Waals surface area contributed by atoms with Crippen LogP contribution < -0.4 is 10.1 Å². The molecule has 0 atom stereocenters. The molecule has 0 aliphatic rings. The molecular weight excluding hydrogens is 302 g/mol. The van der Waals surface area contributed by atoms with Crippen LogP contribution in [0.15, 0.2) is 35.7 Å². The minimum Gasteiger partial charge on any atom is -0.492 e. The van der Waals surface area contributed by atoms with E-state index in [0.29, 0.717) is 35.1 Å². The summed E-state index contributed by atoms with van der Waals surface area (Å²) in [6, 6.07) is 8.37. The summed E-state index contributed by atoms with van der Waals surface area (Å²) in [6.07, 6.45) is 0. The summed E-state index contributed by atoms with van der Waals surface area (Å²) < 4.78 is 10.5. The molecule has 0 radical (unpaired) electrons. The number of carbonyl (C=O) groups excluding carboxylic acids is 2. The number of esters is 1. The van der Waals surface area contributed by atoms with E-state index in [1.165, 1.54) is 11.3 Å². The molecule has 0 aliphatic carbocycles. The Labute approximate surface area is 132 Å². The lowest BCUT2D eigenvalue weighted by molar-refractivity contribution is 0.0526. The van der Waals surface area contributed by atoms with E-state index in [4.69, 9.17) is 9.47 Å². The minimum atomic E-state index is -0.417. The largest absolute Gasteiger partial charge is 0.492 e. The second-order valence-electron chi connectivity index (χ2n) is 4.30. The molecule has 1 heterocycles. The molecule has 0 fully saturated rings. The lowest BCUT2D eigenvalue weighted by Crippen LogP contribution is -2.12. The highest BCUT2D eigenvalue weighted by atomic mass is 32.1. The highest BCUT2D eigenvalue weighted by Gasteiger charge is 2.14. The molecule has 1 aromatic heterocycles. The Kier molecular flexibility index (Phi) is 5.55. The standard InChI is InChI=1S/C16H17NO4S/c1-3-20-13-10-11(16(19)21-4-2)7-8-12(13)17-15(18)14-6-5-9-22-14/h5-10H,3-4H2,1-2H3,(H,17,18). The van der Waals surface area contributed by atoms with E-state index in [1.807, 2.05) is 18.4 Å². The number of benzene rings is 1. The maximum absolute atomic E-state index is 12.1. The topological polar surface area (TPSA) is 64.6 Å². The van der Waals surface area contributed by atoms with Crippen molar-refractivity contribution in [2.24, 2.45) is 0 Å². The number of ether oxygens (including phenoxy) is 2. The first kappa shape index (κ1) is 16.0. The van der Waals surface area contributed by atoms with E-state index in [9.17, 15) is 9.59 Å². The third-order valence-electron chi connectivity index (χ3n) is 2.79. The van der Waals surface area contributed by atoms with Crippen molar-refractivity contribution in [3.63, 3.8) is 0 Å². The second kappa shape index (κ2) is 7.61. The van der Waals surface area contributed by atoms with Gasteiger partial charge in [-0.05, 0) is 43.5 Å². The number of rotatable bonds is 6. The molecule has 0 unspecified atom stereocenters. The van der Waals surface area contributed by atoms with Crippen molar-refractivity contribution >= 4 is 28.9 Å². The van der Waals surface area contributed by atoms with E-state index >= 15 is 0 Å². The van der Waals surface area contributed by atoms with E-state index in [1.54, 1.807) is 31.2 Å². The van der Waals surface area contributed by atoms with E-state index in [-0.39, 0.29) is 5.91 Å². The summed E-state index contributed by atoms with van der Waals surface area (Å²) in [6.45, 7) is 4.31. The van der Waals surface area contributed by atoms with Gasteiger partial charge in [0.15, 0.2) is 0 Å². The van der Waals surface area contributed by atoms with Gasteiger partial charge in [-0.1, -0.05) is 6.07 Å². The summed E-state index contributed by atoms with van der Waals surface area (Å²) in [7, 11) is 0. The number of anilines is 1. The summed E-state index contributed by atoms with van der Waals surface area (Å²) in [5.74, 6) is -0.183. The van der Waals surface area contributed by atoms with Gasteiger partial charge < -0.3 is 14.8 Å². The molecule has 5 nitrogen and oxygen atoms in total. The normalized spacial score (nSPS) is 10.1. The molecule has 0 bridgehead atoms. The molecule has 0 saturated heterocycles. The quantitative estimate of drug-likeness (QED) is 0.827. The average molecular weight is 319 g/mol. The van der Waals surface area contributed by atoms with Crippen LogP contribution in [0.1, 0.15) is 33.9 Å². The molecule has 116 valence electrons. The molecule has 2 rings (SSSR count). The Balaban J connectivity index is 2.23. The van der Waals surface area contributed by atoms with E-state index in [0.717, 1.165) is 0 Å². The first-order chi connectivity index (χ1) is 10.7. The van der Waals surface area contributed by atoms with Crippen LogP contribution in [-0.4, -0.2) is 25.1 Å². The summed E-state index contributed by atoms with van der Waals surface area (Å²) in [5.41, 5.74) is 0.910. The number of hydrogen-bond donors (Lipinski definition) is 1. The molecular formula is C16H17NO4S. The predicted molar refractivity (Wildman–Crippen MR) is 85.8 cm³/mol. The highest BCUT2D eigenvalue weighted by molar-refractivity contribution is 7.12. The molecule has 0 spiro atoms. The number of nitrogens with one attached hydrogen (secondary N) is 1. The van der Waals surface area contributed by atoms with E-state index < -0.39 is 5.97 Å². The zero-order chi connectivity index (χ0) is 15.9. The third-order valence-corrected chi connectivity index (χ3v) is 3.65. The Morgan fingerprint density at radius 3 is 2.64 bits per heavy atom. The van der Waals surface area contributed by atoms with Crippen LogP contribution in [0.2, 0.25) is 0 Å². The van der Waals surface area contributed by atoms with Crippen molar-refractivity contribution in [2.45, 2.75) is 13.8 Å². The van der Waals surface area contributed by atoms with Crippen molar-refractivity contribution in [2.75, 3.05) is 18.5 Å². The maximum Gasteiger partial charge on any atom is 0.338 e. The molecule has 0 saturated carbocycles. The Hall–Kier alpha value is -2.34. The monoisotopic (exact) mass is 319 g/mol. The van der Waals surface area contributed by atoms with Crippen molar-refractivity contribution in [1.82, 2.24) is 0 Å². The van der Waals surface area contributed by atoms with Crippen LogP contribution in [-0.2, 0) is 4.74 Å². The number of thiophene rings is 1. The van der Waals surface area contributed by atoms with Crippen LogP contribution in [0, 0.1) is 0 Å². The smallest absolute Gasteiger partial charge is 0.338 e. The van der Waals surface area contributed by atoms with Crippen molar-refractivity contribution in [1.29, 1.82) is 0 Å². The predicted octanol–water partition coefficient (Wildman–Crippen LogP) is 3.58. The Morgan fingerprint density at radius 1 is 1.18 bits per heavy atom. The first-order valence-electron chi connectivity index (χ1n) is 6.94. The number of hydrogen-bond acceptors (Lipinski definition) is 5. The number of carbonyl (C=O) groups is 2. The maximum atomic E-state index is 12.1. The molecule has 0 aliphatic heterocycles. The van der Waals surface area contributed by atoms with Crippen LogP contribution in [0.5, 0.6) is 5.75 Å². The van der Waals surface area contributed by atoms with Crippen LogP contribution in [0.25, 0.3) is 0 Å². The fourth-order valence-electron chi connectivity index (χ4n) is 1.83. The summed E-state index contributed by atoms with van der Waals surface area (Å²) in [4.78, 5) is 24.5. The first-order valence-corrected chi connectivity index (χ1v) is 7.82. The molecule has 1 amide bonds. The zero-order valence-corrected chi connectivity index (χ0v) is 13.2. The third kappa shape index (κ3) is 3.85. The molecule has 6 heteroatoms. The molecule has 2 aromatic rings. The lowest BCUT2D eigenvalue weighted by Gasteiger charge is -2.12. The Morgan fingerprint density at radius 2 is 2.00 bits per heavy atom. The van der Waals surface area contributed by atoms with Gasteiger partial charge in [0.1, 0.15) is 5.75 Å². The van der Waals surface area contributed by atoms with Crippen LogP contribution >= 0.6 is 11.3 Å². The van der Waals surface area contributed by atoms with Gasteiger partial charge in [0.2, 0.25) is 0 Å². The molecule has 22 heavy (non-hydrogen) atoms. The fourth-order valence-corrected chi connectivity index (χ4v) is 2.45. The Bertz CT molecular complexity index is 652. The van der Waals surface area contributed by atoms with Crippen LogP contribution in [0.4, 0.5) is 5.69 Å². The minimum absolute atomic E-state index is 0.208. The van der Waals surface area contributed by atoms with Gasteiger partial charge in [-0.15, -0.1) is 11.3 Å². The van der Waals surface area contributed by atoms with E-state index in [2.05, 4.69) is 5.32 Å². The van der Waals surface area contributed by atoms with Gasteiger partial charge >= 0.3 is 5.97 Å². The van der Waals surface area contributed by atoms with Gasteiger partial charge in [-0.3, -0.25) is 4.79 Å². The highest BCUT2D eigenvalue weighted by Crippen LogP contribution is 2.27. The van der Waals surface area contributed by atoms with Gasteiger partial charge in [0, 0.05) is 0 Å². The van der Waals surface area contributed by atoms with Crippen molar-refractivity contribution < 1.29 is 19.1 Å². The molecule has 1 aromatic carbocycles. The zero-order valence-electron chi connectivity index (χ0n) is 12.4. The van der Waals surface area contributed by atoms with Gasteiger partial charge in [-0.25, -0.2) is 4.79 Å². The summed E-state index contributed by atoms with van der Waals surface area (Å²) >= 11 is 1.36. The second-order valence-corrected chi connectivity index (χ2v) is 5.24. The van der Waals surface area contributed by atoms with Crippen LogP contribution in [0.3, 0.4) is 0 Å². The lowest BCUT2D eigenvalue weighted by atomic mass is 10.2. The summed E-state index contributed by atoms with van der Waals surface area (Å²) in [5, 5.41) is 4.63. The molecule has 1 N–H and O–H groups in total. The SMILES string of the molecule is CCOC(=O)c1ccc(NC(=O)c2cccs2)c(OCC)c1. The van der Waals surface area contributed by atoms with Crippen molar-refractivity contribution in [3.05, 3.63) is 46.2 Å². The van der Waals surface area contributed by atoms with Gasteiger partial charge in [0.25, 0.3) is 5.91 Å². The van der Waals surface area contributed by atoms with Crippen molar-refractivity contribution in [3.8, 4) is 5.75 Å². The number of amides is 1. The fraction of sp³-hybridized carbons (Fsp3) is 0.250. The van der Waals surface area contributed by atoms with Gasteiger partial charge in [-0.2, -0.15) is 0 Å².